The average Bonchev–Trinajstić information content (AvgIpc) is 3.17. The molecule has 168 valence electrons. The lowest BCUT2D eigenvalue weighted by Gasteiger charge is -2.18. The Morgan fingerprint density at radius 1 is 0.970 bits per heavy atom. The molecule has 0 bridgehead atoms. The predicted molar refractivity (Wildman–Crippen MR) is 118 cm³/mol. The zero-order valence-corrected chi connectivity index (χ0v) is 17.5. The van der Waals surface area contributed by atoms with Gasteiger partial charge in [-0.25, -0.2) is 9.69 Å². The zero-order chi connectivity index (χ0) is 23.4. The van der Waals surface area contributed by atoms with Gasteiger partial charge in [-0.1, -0.05) is 60.7 Å². The lowest BCUT2D eigenvalue weighted by Crippen LogP contribution is -2.39. The maximum atomic E-state index is 13.0. The van der Waals surface area contributed by atoms with Crippen molar-refractivity contribution in [2.75, 3.05) is 6.61 Å². The van der Waals surface area contributed by atoms with Gasteiger partial charge in [-0.2, -0.15) is 13.2 Å². The van der Waals surface area contributed by atoms with Gasteiger partial charge in [0.25, 0.3) is 5.91 Å². The fourth-order valence-corrected chi connectivity index (χ4v) is 3.71. The number of amides is 2. The van der Waals surface area contributed by atoms with Crippen LogP contribution in [0.25, 0.3) is 17.2 Å². The maximum absolute atomic E-state index is 13.0. The second-order valence-electron chi connectivity index (χ2n) is 7.67. The van der Waals surface area contributed by atoms with Crippen LogP contribution in [0.4, 0.5) is 18.0 Å². The first-order chi connectivity index (χ1) is 15.8. The first-order valence-electron chi connectivity index (χ1n) is 10.3. The lowest BCUT2D eigenvalue weighted by molar-refractivity contribution is -0.137. The molecule has 2 amide bonds. The van der Waals surface area contributed by atoms with Gasteiger partial charge in [0.05, 0.1) is 11.6 Å². The normalized spacial score (nSPS) is 16.3. The van der Waals surface area contributed by atoms with Crippen LogP contribution in [0.15, 0.2) is 84.9 Å². The molecule has 33 heavy (non-hydrogen) atoms. The maximum Gasteiger partial charge on any atom is 0.417 e. The number of hydrogen-bond acceptors (Lipinski definition) is 3. The fraction of sp³-hybridized carbons (Fsp3) is 0.154. The van der Waals surface area contributed by atoms with E-state index in [0.717, 1.165) is 22.6 Å². The molecule has 0 aliphatic carbocycles. The highest BCUT2D eigenvalue weighted by Crippen LogP contribution is 2.32. The second kappa shape index (κ2) is 9.32. The van der Waals surface area contributed by atoms with Gasteiger partial charge in [-0.05, 0) is 52.9 Å². The Balaban J connectivity index is 1.51. The van der Waals surface area contributed by atoms with Crippen LogP contribution in [0.2, 0.25) is 0 Å². The number of rotatable bonds is 5. The highest BCUT2D eigenvalue weighted by atomic mass is 19.4. The van der Waals surface area contributed by atoms with E-state index in [1.807, 2.05) is 30.3 Å². The molecule has 1 fully saturated rings. The highest BCUT2D eigenvalue weighted by molar-refractivity contribution is 6.02. The van der Waals surface area contributed by atoms with Crippen molar-refractivity contribution in [1.82, 2.24) is 4.90 Å². The molecule has 3 aromatic carbocycles. The van der Waals surface area contributed by atoms with Crippen molar-refractivity contribution >= 4 is 18.1 Å². The molecule has 1 atom stereocenters. The van der Waals surface area contributed by atoms with Crippen LogP contribution < -0.4 is 0 Å². The Morgan fingerprint density at radius 3 is 2.39 bits per heavy atom. The third-order valence-corrected chi connectivity index (χ3v) is 5.34. The molecule has 0 aromatic heterocycles. The number of halogens is 3. The molecule has 1 aliphatic rings. The first kappa shape index (κ1) is 22.3. The number of hydrogen-bond donors (Lipinski definition) is 0. The summed E-state index contributed by atoms with van der Waals surface area (Å²) in [7, 11) is 0. The molecule has 4 nitrogen and oxygen atoms in total. The molecule has 0 spiro atoms. The van der Waals surface area contributed by atoms with Crippen molar-refractivity contribution in [1.29, 1.82) is 0 Å². The molecule has 1 heterocycles. The van der Waals surface area contributed by atoms with Gasteiger partial charge in [0.1, 0.15) is 6.61 Å². The number of imide groups is 1. The summed E-state index contributed by atoms with van der Waals surface area (Å²) in [6, 6.07) is 20.9. The molecular weight excluding hydrogens is 431 g/mol. The summed E-state index contributed by atoms with van der Waals surface area (Å²) in [5, 5.41) is 0. The van der Waals surface area contributed by atoms with E-state index in [1.54, 1.807) is 30.3 Å². The smallest absolute Gasteiger partial charge is 0.417 e. The van der Waals surface area contributed by atoms with Crippen LogP contribution in [0.1, 0.15) is 16.7 Å². The van der Waals surface area contributed by atoms with Crippen molar-refractivity contribution in [3.05, 3.63) is 102 Å². The minimum atomic E-state index is -4.43. The molecule has 0 N–H and O–H groups in total. The van der Waals surface area contributed by atoms with E-state index in [-0.39, 0.29) is 6.61 Å². The fourth-order valence-electron chi connectivity index (χ4n) is 3.71. The van der Waals surface area contributed by atoms with Crippen LogP contribution in [0.3, 0.4) is 0 Å². The summed E-state index contributed by atoms with van der Waals surface area (Å²) in [6.45, 7) is 0.123. The quantitative estimate of drug-likeness (QED) is 0.449. The first-order valence-corrected chi connectivity index (χ1v) is 10.3. The Kier molecular flexibility index (Phi) is 6.31. The van der Waals surface area contributed by atoms with Crippen molar-refractivity contribution in [2.45, 2.75) is 18.6 Å². The SMILES string of the molecule is O=C(C=Cc1cccc(-c2cccc(C(F)(F)F)c2)c1)N1C(=O)OCC1Cc1ccccc1. The van der Waals surface area contributed by atoms with E-state index >= 15 is 0 Å². The summed E-state index contributed by atoms with van der Waals surface area (Å²) >= 11 is 0. The highest BCUT2D eigenvalue weighted by Gasteiger charge is 2.36. The third kappa shape index (κ3) is 5.31. The Morgan fingerprint density at radius 2 is 1.67 bits per heavy atom. The van der Waals surface area contributed by atoms with Gasteiger partial charge in [-0.3, -0.25) is 4.79 Å². The van der Waals surface area contributed by atoms with Crippen LogP contribution in [-0.2, 0) is 22.1 Å². The van der Waals surface area contributed by atoms with Crippen molar-refractivity contribution < 1.29 is 27.5 Å². The predicted octanol–water partition coefficient (Wildman–Crippen LogP) is 5.98. The van der Waals surface area contributed by atoms with Gasteiger partial charge in [0.2, 0.25) is 0 Å². The number of ether oxygens (including phenoxy) is 1. The van der Waals surface area contributed by atoms with E-state index < -0.39 is 29.8 Å². The van der Waals surface area contributed by atoms with Crippen LogP contribution in [-0.4, -0.2) is 29.5 Å². The summed E-state index contributed by atoms with van der Waals surface area (Å²) in [6.07, 6.45) is -1.83. The Labute approximate surface area is 188 Å². The molecule has 4 rings (SSSR count). The number of benzene rings is 3. The summed E-state index contributed by atoms with van der Waals surface area (Å²) in [4.78, 5) is 26.0. The summed E-state index contributed by atoms with van der Waals surface area (Å²) < 4.78 is 44.2. The summed E-state index contributed by atoms with van der Waals surface area (Å²) in [5.41, 5.74) is 1.87. The van der Waals surface area contributed by atoms with Gasteiger partial charge in [-0.15, -0.1) is 0 Å². The monoisotopic (exact) mass is 451 g/mol. The largest absolute Gasteiger partial charge is 0.447 e. The summed E-state index contributed by atoms with van der Waals surface area (Å²) in [5.74, 6) is -0.511. The zero-order valence-electron chi connectivity index (χ0n) is 17.5. The van der Waals surface area contributed by atoms with Gasteiger partial charge >= 0.3 is 12.3 Å². The van der Waals surface area contributed by atoms with E-state index in [2.05, 4.69) is 0 Å². The van der Waals surface area contributed by atoms with Crippen LogP contribution in [0, 0.1) is 0 Å². The molecule has 1 aliphatic heterocycles. The van der Waals surface area contributed by atoms with E-state index in [1.165, 1.54) is 18.2 Å². The van der Waals surface area contributed by atoms with Gasteiger partial charge in [0.15, 0.2) is 0 Å². The molecule has 7 heteroatoms. The average molecular weight is 451 g/mol. The number of nitrogens with zero attached hydrogens (tertiary/aromatic N) is 1. The van der Waals surface area contributed by atoms with E-state index in [0.29, 0.717) is 23.1 Å². The van der Waals surface area contributed by atoms with Gasteiger partial charge in [0, 0.05) is 6.08 Å². The molecule has 3 aromatic rings. The minimum Gasteiger partial charge on any atom is -0.447 e. The Bertz CT molecular complexity index is 1190. The Hall–Kier alpha value is -3.87. The van der Waals surface area contributed by atoms with Crippen LogP contribution in [0.5, 0.6) is 0 Å². The third-order valence-electron chi connectivity index (χ3n) is 5.34. The van der Waals surface area contributed by atoms with Gasteiger partial charge < -0.3 is 4.74 Å². The topological polar surface area (TPSA) is 46.6 Å². The number of carbonyl (C=O) groups excluding carboxylic acids is 2. The molecule has 0 radical (unpaired) electrons. The standard InChI is InChI=1S/C26H20F3NO3/c27-26(28,29)22-11-5-10-21(16-22)20-9-4-8-19(14-20)12-13-24(31)30-23(17-33-25(30)32)15-18-6-2-1-3-7-18/h1-14,16,23H,15,17H2. The molecular formula is C26H20F3NO3. The number of carbonyl (C=O) groups is 2. The second-order valence-corrected chi connectivity index (χ2v) is 7.67. The number of alkyl halides is 3. The molecule has 1 unspecified atom stereocenters. The lowest BCUT2D eigenvalue weighted by atomic mass is 10.0. The molecule has 0 saturated carbocycles. The minimum absolute atomic E-state index is 0.123. The number of cyclic esters (lactones) is 1. The van der Waals surface area contributed by atoms with E-state index in [9.17, 15) is 22.8 Å². The van der Waals surface area contributed by atoms with Crippen molar-refractivity contribution in [2.24, 2.45) is 0 Å². The van der Waals surface area contributed by atoms with Crippen molar-refractivity contribution in [3.63, 3.8) is 0 Å². The molecule has 1 saturated heterocycles. The van der Waals surface area contributed by atoms with E-state index in [4.69, 9.17) is 4.74 Å². The van der Waals surface area contributed by atoms with Crippen molar-refractivity contribution in [3.8, 4) is 11.1 Å². The van der Waals surface area contributed by atoms with Crippen LogP contribution >= 0.6 is 0 Å².